The molecule has 5 nitrogen and oxygen atoms in total. The Morgan fingerprint density at radius 2 is 2.16 bits per heavy atom. The minimum Gasteiger partial charge on any atom is -0.455 e. The Hall–Kier alpha value is -1.92. The van der Waals surface area contributed by atoms with Gasteiger partial charge in [-0.05, 0) is 25.1 Å². The van der Waals surface area contributed by atoms with E-state index in [0.29, 0.717) is 11.5 Å². The molecule has 0 bridgehead atoms. The highest BCUT2D eigenvalue weighted by atomic mass is 32.2. The third-order valence-corrected chi connectivity index (χ3v) is 3.71. The number of para-hydroxylation sites is 1. The van der Waals surface area contributed by atoms with Crippen molar-refractivity contribution < 1.29 is 9.21 Å². The molecule has 5 N–H and O–H groups in total. The number of nitrogens with one attached hydrogen (secondary N) is 1. The van der Waals surface area contributed by atoms with Crippen LogP contribution >= 0.6 is 11.8 Å². The van der Waals surface area contributed by atoms with E-state index in [1.165, 1.54) is 0 Å². The van der Waals surface area contributed by atoms with Crippen LogP contribution in [0.15, 0.2) is 39.6 Å². The maximum atomic E-state index is 11.4. The molecule has 0 aliphatic heterocycles. The highest BCUT2D eigenvalue weighted by Gasteiger charge is 2.14. The number of aryl methyl sites for hydroxylation is 1. The van der Waals surface area contributed by atoms with Crippen LogP contribution in [0.3, 0.4) is 0 Å². The summed E-state index contributed by atoms with van der Waals surface area (Å²) >= 11 is 1.56. The van der Waals surface area contributed by atoms with Gasteiger partial charge in [-0.2, -0.15) is 0 Å². The number of carbonyl (C=O) groups is 1. The Morgan fingerprint density at radius 3 is 2.84 bits per heavy atom. The lowest BCUT2D eigenvalue weighted by Gasteiger charge is -2.02. The molecule has 0 saturated carbocycles. The van der Waals surface area contributed by atoms with Gasteiger partial charge in [0.15, 0.2) is 5.76 Å². The number of benzene rings is 1. The maximum Gasteiger partial charge on any atom is 0.301 e. The fourth-order valence-corrected chi connectivity index (χ4v) is 2.52. The summed E-state index contributed by atoms with van der Waals surface area (Å²) < 4.78 is 5.48. The van der Waals surface area contributed by atoms with Gasteiger partial charge >= 0.3 is 5.91 Å². The number of rotatable bonds is 4. The molecule has 100 valence electrons. The monoisotopic (exact) mass is 277 g/mol. The van der Waals surface area contributed by atoms with Gasteiger partial charge in [-0.3, -0.25) is 10.2 Å². The quantitative estimate of drug-likeness (QED) is 0.261. The number of carbonyl (C=O) groups excluding carboxylic acids is 1. The fourth-order valence-electron chi connectivity index (χ4n) is 1.67. The van der Waals surface area contributed by atoms with Crippen molar-refractivity contribution in [2.24, 2.45) is 5.84 Å². The molecule has 0 saturated heterocycles. The van der Waals surface area contributed by atoms with Gasteiger partial charge in [-0.25, -0.2) is 5.84 Å². The van der Waals surface area contributed by atoms with Gasteiger partial charge in [-0.15, -0.1) is 11.8 Å². The van der Waals surface area contributed by atoms with Crippen molar-refractivity contribution in [3.8, 4) is 0 Å². The second-order valence-electron chi connectivity index (χ2n) is 4.02. The number of thioether (sulfide) groups is 1. The summed E-state index contributed by atoms with van der Waals surface area (Å²) in [7, 11) is 0. The number of hydrogen-bond acceptors (Lipinski definition) is 5. The molecule has 0 fully saturated rings. The lowest BCUT2D eigenvalue weighted by molar-refractivity contribution is 0.0923. The summed E-state index contributed by atoms with van der Waals surface area (Å²) in [6.07, 6.45) is 0. The van der Waals surface area contributed by atoms with E-state index in [2.05, 4.69) is 5.43 Å². The first-order valence-electron chi connectivity index (χ1n) is 5.69. The van der Waals surface area contributed by atoms with Gasteiger partial charge < -0.3 is 10.2 Å². The summed E-state index contributed by atoms with van der Waals surface area (Å²) in [6.45, 7) is 1.80. The van der Waals surface area contributed by atoms with Crippen LogP contribution < -0.4 is 17.0 Å². The largest absolute Gasteiger partial charge is 0.455 e. The summed E-state index contributed by atoms with van der Waals surface area (Å²) in [5.41, 5.74) is 9.41. The second-order valence-corrected chi connectivity index (χ2v) is 5.04. The van der Waals surface area contributed by atoms with Crippen LogP contribution in [0, 0.1) is 6.92 Å². The zero-order chi connectivity index (χ0) is 13.8. The first kappa shape index (κ1) is 13.5. The zero-order valence-electron chi connectivity index (χ0n) is 10.5. The second kappa shape index (κ2) is 5.81. The van der Waals surface area contributed by atoms with E-state index < -0.39 is 5.91 Å². The Labute approximate surface area is 115 Å². The van der Waals surface area contributed by atoms with Gasteiger partial charge in [0.1, 0.15) is 5.76 Å². The van der Waals surface area contributed by atoms with Crippen LogP contribution in [-0.2, 0) is 5.75 Å². The van der Waals surface area contributed by atoms with Crippen LogP contribution in [0.1, 0.15) is 21.9 Å². The van der Waals surface area contributed by atoms with Gasteiger partial charge in [0, 0.05) is 16.1 Å². The molecular weight excluding hydrogens is 262 g/mol. The highest BCUT2D eigenvalue weighted by Crippen LogP contribution is 2.29. The first-order valence-corrected chi connectivity index (χ1v) is 6.68. The Balaban J connectivity index is 2.09. The molecule has 0 spiro atoms. The van der Waals surface area contributed by atoms with Crippen molar-refractivity contribution >= 4 is 23.4 Å². The molecule has 0 radical (unpaired) electrons. The maximum absolute atomic E-state index is 11.4. The lowest BCUT2D eigenvalue weighted by Crippen LogP contribution is -2.30. The highest BCUT2D eigenvalue weighted by molar-refractivity contribution is 7.98. The Morgan fingerprint density at radius 1 is 1.42 bits per heavy atom. The number of hydrogen-bond donors (Lipinski definition) is 3. The van der Waals surface area contributed by atoms with Gasteiger partial charge in [-0.1, -0.05) is 12.1 Å². The zero-order valence-corrected chi connectivity index (χ0v) is 11.3. The molecule has 1 aromatic heterocycles. The minimum atomic E-state index is -0.423. The molecule has 0 unspecified atom stereocenters. The summed E-state index contributed by atoms with van der Waals surface area (Å²) in [5, 5.41) is 0. The van der Waals surface area contributed by atoms with E-state index in [0.717, 1.165) is 16.1 Å². The molecule has 2 rings (SSSR count). The van der Waals surface area contributed by atoms with E-state index >= 15 is 0 Å². The number of amides is 1. The number of anilines is 1. The van der Waals surface area contributed by atoms with Crippen molar-refractivity contribution in [1.29, 1.82) is 0 Å². The minimum absolute atomic E-state index is 0.249. The van der Waals surface area contributed by atoms with Crippen LogP contribution in [0.25, 0.3) is 0 Å². The van der Waals surface area contributed by atoms with E-state index in [1.54, 1.807) is 18.7 Å². The van der Waals surface area contributed by atoms with Crippen molar-refractivity contribution in [2.45, 2.75) is 17.6 Å². The molecule has 0 aliphatic carbocycles. The molecular formula is C13H15N3O2S. The van der Waals surface area contributed by atoms with Crippen molar-refractivity contribution in [3.05, 3.63) is 47.4 Å². The average Bonchev–Trinajstić information content (AvgIpc) is 2.78. The average molecular weight is 277 g/mol. The normalized spacial score (nSPS) is 10.4. The van der Waals surface area contributed by atoms with E-state index in [1.807, 2.05) is 30.3 Å². The Bertz CT molecular complexity index is 595. The first-order chi connectivity index (χ1) is 9.11. The summed E-state index contributed by atoms with van der Waals surface area (Å²) in [5.74, 6) is 6.23. The van der Waals surface area contributed by atoms with Crippen LogP contribution in [0.2, 0.25) is 0 Å². The predicted octanol–water partition coefficient (Wildman–Crippen LogP) is 2.07. The molecule has 0 aliphatic rings. The van der Waals surface area contributed by atoms with E-state index in [-0.39, 0.29) is 5.76 Å². The third-order valence-electron chi connectivity index (χ3n) is 2.60. The van der Waals surface area contributed by atoms with Gasteiger partial charge in [0.25, 0.3) is 0 Å². The molecule has 0 atom stereocenters. The van der Waals surface area contributed by atoms with Crippen LogP contribution in [-0.4, -0.2) is 5.91 Å². The summed E-state index contributed by atoms with van der Waals surface area (Å²) in [6, 6.07) is 9.45. The number of nitrogens with two attached hydrogens (primary N) is 2. The predicted molar refractivity (Wildman–Crippen MR) is 75.5 cm³/mol. The smallest absolute Gasteiger partial charge is 0.301 e. The number of hydrazine groups is 1. The summed E-state index contributed by atoms with van der Waals surface area (Å²) in [4.78, 5) is 12.4. The topological polar surface area (TPSA) is 94.3 Å². The lowest BCUT2D eigenvalue weighted by atomic mass is 10.2. The van der Waals surface area contributed by atoms with Crippen LogP contribution in [0.4, 0.5) is 5.69 Å². The molecule has 2 aromatic rings. The van der Waals surface area contributed by atoms with Crippen LogP contribution in [0.5, 0.6) is 0 Å². The van der Waals surface area contributed by atoms with Gasteiger partial charge in [0.05, 0.1) is 5.75 Å². The fraction of sp³-hybridized carbons (Fsp3) is 0.154. The number of nitrogen functional groups attached to an aromatic ring is 2. The van der Waals surface area contributed by atoms with Gasteiger partial charge in [0.2, 0.25) is 0 Å². The third kappa shape index (κ3) is 3.10. The van der Waals surface area contributed by atoms with Crippen molar-refractivity contribution in [1.82, 2.24) is 5.43 Å². The van der Waals surface area contributed by atoms with Crippen molar-refractivity contribution in [2.75, 3.05) is 5.73 Å². The Kier molecular flexibility index (Phi) is 4.13. The molecule has 19 heavy (non-hydrogen) atoms. The molecule has 6 heteroatoms. The van der Waals surface area contributed by atoms with E-state index in [4.69, 9.17) is 16.0 Å². The molecule has 1 heterocycles. The standard InChI is InChI=1S/C13H15N3O2S/c1-8-6-9(18-12(8)13(17)16-15)7-19-11-5-3-2-4-10(11)14/h2-6H,7,14-15H2,1H3,(H,16,17). The molecule has 1 amide bonds. The van der Waals surface area contributed by atoms with E-state index in [9.17, 15) is 4.79 Å². The SMILES string of the molecule is Cc1cc(CSc2ccccc2N)oc1C(=O)NN. The van der Waals surface area contributed by atoms with Crippen molar-refractivity contribution in [3.63, 3.8) is 0 Å². The number of furan rings is 1. The molecule has 1 aromatic carbocycles.